The first-order valence-corrected chi connectivity index (χ1v) is 7.95. The molecule has 1 saturated heterocycles. The first-order valence-electron chi connectivity index (χ1n) is 7.95. The highest BCUT2D eigenvalue weighted by molar-refractivity contribution is 6.09. The van der Waals surface area contributed by atoms with E-state index in [1.54, 1.807) is 23.1 Å². The molecule has 0 saturated carbocycles. The minimum atomic E-state index is -0.711. The van der Waals surface area contributed by atoms with Crippen LogP contribution >= 0.6 is 0 Å². The zero-order valence-corrected chi connectivity index (χ0v) is 13.5. The number of rotatable bonds is 4. The second-order valence-electron chi connectivity index (χ2n) is 5.98. The highest BCUT2D eigenvalue weighted by Gasteiger charge is 2.37. The number of carbonyl (C=O) groups excluding carboxylic acids is 2. The molecule has 3 rings (SSSR count). The lowest BCUT2D eigenvalue weighted by Gasteiger charge is -2.17. The van der Waals surface area contributed by atoms with Crippen LogP contribution in [0.4, 0.5) is 10.1 Å². The van der Waals surface area contributed by atoms with E-state index in [0.29, 0.717) is 18.5 Å². The smallest absolute Gasteiger partial charge is 0.239 e. The minimum Gasteiger partial charge on any atom is -0.351 e. The Bertz CT molecular complexity index is 775. The number of amides is 2. The van der Waals surface area contributed by atoms with E-state index >= 15 is 0 Å². The fourth-order valence-electron chi connectivity index (χ4n) is 2.92. The lowest BCUT2D eigenvalue weighted by atomic mass is 10.1. The van der Waals surface area contributed by atoms with Crippen LogP contribution in [0.2, 0.25) is 0 Å². The van der Waals surface area contributed by atoms with E-state index < -0.39 is 5.92 Å². The van der Waals surface area contributed by atoms with Crippen molar-refractivity contribution >= 4 is 17.5 Å². The van der Waals surface area contributed by atoms with Crippen LogP contribution in [0.15, 0.2) is 48.5 Å². The highest BCUT2D eigenvalue weighted by Crippen LogP contribution is 2.26. The van der Waals surface area contributed by atoms with Crippen molar-refractivity contribution in [1.29, 1.82) is 0 Å². The van der Waals surface area contributed by atoms with Gasteiger partial charge in [-0.05, 0) is 37.1 Å². The molecule has 0 spiro atoms. The maximum Gasteiger partial charge on any atom is 0.239 e. The zero-order chi connectivity index (χ0) is 17.1. The lowest BCUT2D eigenvalue weighted by molar-refractivity contribution is -0.132. The third kappa shape index (κ3) is 3.30. The molecular formula is C19H19FN2O2. The van der Waals surface area contributed by atoms with Gasteiger partial charge in [-0.1, -0.05) is 30.3 Å². The number of carbonyl (C=O) groups is 2. The average molecular weight is 326 g/mol. The van der Waals surface area contributed by atoms with Crippen LogP contribution < -0.4 is 10.2 Å². The number of hydrogen-bond acceptors (Lipinski definition) is 2. The van der Waals surface area contributed by atoms with Gasteiger partial charge < -0.3 is 10.2 Å². The van der Waals surface area contributed by atoms with Gasteiger partial charge in [-0.2, -0.15) is 0 Å². The van der Waals surface area contributed by atoms with Gasteiger partial charge in [-0.3, -0.25) is 9.59 Å². The Balaban J connectivity index is 1.64. The summed E-state index contributed by atoms with van der Waals surface area (Å²) in [5.74, 6) is -1.63. The number of hydrogen-bond donors (Lipinski definition) is 1. The molecule has 0 bridgehead atoms. The second kappa shape index (κ2) is 6.83. The van der Waals surface area contributed by atoms with Crippen LogP contribution in [0.5, 0.6) is 0 Å². The Morgan fingerprint density at radius 1 is 1.25 bits per heavy atom. The van der Waals surface area contributed by atoms with E-state index in [1.807, 2.05) is 31.2 Å². The highest BCUT2D eigenvalue weighted by atomic mass is 19.1. The van der Waals surface area contributed by atoms with Crippen LogP contribution in [0.1, 0.15) is 17.5 Å². The van der Waals surface area contributed by atoms with Gasteiger partial charge in [0.15, 0.2) is 0 Å². The standard InChI is InChI=1S/C19H19FN2O2/c1-13-5-4-7-15(11-13)22-10-9-16(19(22)24)18(23)21-12-14-6-2-3-8-17(14)20/h2-8,11,16H,9-10,12H2,1H3,(H,21,23)/t16-/m1/s1. The van der Waals surface area contributed by atoms with Crippen LogP contribution in [-0.2, 0) is 16.1 Å². The molecule has 2 amide bonds. The Kier molecular flexibility index (Phi) is 4.60. The van der Waals surface area contributed by atoms with Crippen molar-refractivity contribution in [3.8, 4) is 0 Å². The van der Waals surface area contributed by atoms with Crippen molar-refractivity contribution in [2.45, 2.75) is 19.9 Å². The molecule has 1 aliphatic rings. The first kappa shape index (κ1) is 16.2. The fraction of sp³-hybridized carbons (Fsp3) is 0.263. The molecule has 1 aliphatic heterocycles. The number of aryl methyl sites for hydroxylation is 1. The largest absolute Gasteiger partial charge is 0.351 e. The second-order valence-corrected chi connectivity index (χ2v) is 5.98. The van der Waals surface area contributed by atoms with Gasteiger partial charge in [-0.15, -0.1) is 0 Å². The summed E-state index contributed by atoms with van der Waals surface area (Å²) >= 11 is 0. The molecule has 2 aromatic carbocycles. The summed E-state index contributed by atoms with van der Waals surface area (Å²) in [5.41, 5.74) is 2.28. The number of halogens is 1. The molecule has 2 aromatic rings. The number of nitrogens with zero attached hydrogens (tertiary/aromatic N) is 1. The van der Waals surface area contributed by atoms with E-state index in [4.69, 9.17) is 0 Å². The molecule has 4 nitrogen and oxygen atoms in total. The molecule has 0 unspecified atom stereocenters. The predicted molar refractivity (Wildman–Crippen MR) is 89.9 cm³/mol. The molecule has 0 aliphatic carbocycles. The van der Waals surface area contributed by atoms with Crippen LogP contribution in [0.3, 0.4) is 0 Å². The Morgan fingerprint density at radius 3 is 2.79 bits per heavy atom. The number of benzene rings is 2. The Morgan fingerprint density at radius 2 is 2.04 bits per heavy atom. The van der Waals surface area contributed by atoms with Gasteiger partial charge in [0.05, 0.1) is 0 Å². The summed E-state index contributed by atoms with van der Waals surface area (Å²) in [6.07, 6.45) is 0.468. The molecular weight excluding hydrogens is 307 g/mol. The number of nitrogens with one attached hydrogen (secondary N) is 1. The van der Waals surface area contributed by atoms with Gasteiger partial charge >= 0.3 is 0 Å². The van der Waals surface area contributed by atoms with E-state index in [9.17, 15) is 14.0 Å². The maximum atomic E-state index is 13.6. The maximum absolute atomic E-state index is 13.6. The molecule has 1 heterocycles. The van der Waals surface area contributed by atoms with Crippen molar-refractivity contribution in [3.05, 3.63) is 65.5 Å². The number of anilines is 1. The molecule has 0 aromatic heterocycles. The van der Waals surface area contributed by atoms with Crippen LogP contribution in [0.25, 0.3) is 0 Å². The van der Waals surface area contributed by atoms with Gasteiger partial charge in [0.25, 0.3) is 0 Å². The fourth-order valence-corrected chi connectivity index (χ4v) is 2.92. The third-order valence-electron chi connectivity index (χ3n) is 4.25. The van der Waals surface area contributed by atoms with Crippen molar-refractivity contribution < 1.29 is 14.0 Å². The summed E-state index contributed by atoms with van der Waals surface area (Å²) in [6, 6.07) is 13.9. The van der Waals surface area contributed by atoms with E-state index in [0.717, 1.165) is 11.3 Å². The van der Waals surface area contributed by atoms with Crippen molar-refractivity contribution in [3.63, 3.8) is 0 Å². The summed E-state index contributed by atoms with van der Waals surface area (Å²) in [7, 11) is 0. The van der Waals surface area contributed by atoms with Crippen LogP contribution in [0, 0.1) is 18.7 Å². The molecule has 0 radical (unpaired) electrons. The molecule has 1 atom stereocenters. The Hall–Kier alpha value is -2.69. The summed E-state index contributed by atoms with van der Waals surface area (Å²) in [5, 5.41) is 2.67. The van der Waals surface area contributed by atoms with Gasteiger partial charge in [0.1, 0.15) is 11.7 Å². The molecule has 24 heavy (non-hydrogen) atoms. The monoisotopic (exact) mass is 326 g/mol. The average Bonchev–Trinajstić information content (AvgIpc) is 2.95. The van der Waals surface area contributed by atoms with Crippen LogP contribution in [-0.4, -0.2) is 18.4 Å². The van der Waals surface area contributed by atoms with Gasteiger partial charge in [0, 0.05) is 24.3 Å². The SMILES string of the molecule is Cc1cccc(N2CC[C@H](C(=O)NCc3ccccc3F)C2=O)c1. The van der Waals surface area contributed by atoms with Gasteiger partial charge in [0.2, 0.25) is 11.8 Å². The summed E-state index contributed by atoms with van der Waals surface area (Å²) < 4.78 is 13.6. The molecule has 1 fully saturated rings. The van der Waals surface area contributed by atoms with E-state index in [-0.39, 0.29) is 24.2 Å². The molecule has 5 heteroatoms. The van der Waals surface area contributed by atoms with E-state index in [1.165, 1.54) is 6.07 Å². The molecule has 124 valence electrons. The molecule has 1 N–H and O–H groups in total. The predicted octanol–water partition coefficient (Wildman–Crippen LogP) is 2.80. The quantitative estimate of drug-likeness (QED) is 0.879. The topological polar surface area (TPSA) is 49.4 Å². The minimum absolute atomic E-state index is 0.0831. The Labute approximate surface area is 140 Å². The lowest BCUT2D eigenvalue weighted by Crippen LogP contribution is -2.36. The summed E-state index contributed by atoms with van der Waals surface area (Å²) in [4.78, 5) is 26.5. The van der Waals surface area contributed by atoms with E-state index in [2.05, 4.69) is 5.32 Å². The normalized spacial score (nSPS) is 17.2. The van der Waals surface area contributed by atoms with Gasteiger partial charge in [-0.25, -0.2) is 4.39 Å². The van der Waals surface area contributed by atoms with Crippen molar-refractivity contribution in [1.82, 2.24) is 5.32 Å². The summed E-state index contributed by atoms with van der Waals surface area (Å²) in [6.45, 7) is 2.56. The van der Waals surface area contributed by atoms with Crippen molar-refractivity contribution in [2.24, 2.45) is 5.92 Å². The van der Waals surface area contributed by atoms with Crippen molar-refractivity contribution in [2.75, 3.05) is 11.4 Å². The zero-order valence-electron chi connectivity index (χ0n) is 13.5. The first-order chi connectivity index (χ1) is 11.6. The third-order valence-corrected chi connectivity index (χ3v) is 4.25.